The van der Waals surface area contributed by atoms with E-state index in [0.29, 0.717) is 19.8 Å². The van der Waals surface area contributed by atoms with Gasteiger partial charge in [-0.3, -0.25) is 4.79 Å². The van der Waals surface area contributed by atoms with Crippen LogP contribution in [0.15, 0.2) is 12.7 Å². The van der Waals surface area contributed by atoms with Crippen LogP contribution in [-0.2, 0) is 9.53 Å². The minimum absolute atomic E-state index is 0.0632. The first kappa shape index (κ1) is 9.42. The third-order valence-corrected chi connectivity index (χ3v) is 2.55. The number of carbonyl (C=O) groups is 1. The molecular formula is C9H15NO2. The van der Waals surface area contributed by atoms with Gasteiger partial charge in [-0.25, -0.2) is 0 Å². The lowest BCUT2D eigenvalue weighted by Gasteiger charge is -2.33. The molecule has 0 aromatic rings. The normalized spacial score (nSPS) is 21.8. The van der Waals surface area contributed by atoms with Gasteiger partial charge in [0.15, 0.2) is 5.78 Å². The summed E-state index contributed by atoms with van der Waals surface area (Å²) in [6.45, 7) is 5.16. The maximum Gasteiger partial charge on any atom is 0.162 e. The minimum atomic E-state index is -0.375. The highest BCUT2D eigenvalue weighted by Crippen LogP contribution is 2.30. The smallest absolute Gasteiger partial charge is 0.162 e. The van der Waals surface area contributed by atoms with Crippen LogP contribution < -0.4 is 5.73 Å². The third kappa shape index (κ3) is 1.57. The molecule has 0 saturated carbocycles. The van der Waals surface area contributed by atoms with Crippen molar-refractivity contribution in [2.75, 3.05) is 19.8 Å². The molecular weight excluding hydrogens is 154 g/mol. The number of hydrogen-bond donors (Lipinski definition) is 1. The highest BCUT2D eigenvalue weighted by molar-refractivity contribution is 5.94. The average molecular weight is 169 g/mol. The Hall–Kier alpha value is -0.670. The van der Waals surface area contributed by atoms with Crippen molar-refractivity contribution in [2.45, 2.75) is 12.8 Å². The van der Waals surface area contributed by atoms with Crippen molar-refractivity contribution in [2.24, 2.45) is 11.1 Å². The Morgan fingerprint density at radius 2 is 2.17 bits per heavy atom. The van der Waals surface area contributed by atoms with Crippen LogP contribution >= 0.6 is 0 Å². The molecule has 0 unspecified atom stereocenters. The van der Waals surface area contributed by atoms with Crippen LogP contribution in [0.25, 0.3) is 0 Å². The van der Waals surface area contributed by atoms with Crippen molar-refractivity contribution in [3.05, 3.63) is 12.7 Å². The molecule has 1 saturated heterocycles. The average Bonchev–Trinajstić information content (AvgIpc) is 2.17. The van der Waals surface area contributed by atoms with Crippen molar-refractivity contribution >= 4 is 5.78 Å². The molecule has 0 bridgehead atoms. The lowest BCUT2D eigenvalue weighted by atomic mass is 9.76. The molecule has 0 aliphatic carbocycles. The van der Waals surface area contributed by atoms with Crippen molar-refractivity contribution in [1.29, 1.82) is 0 Å². The van der Waals surface area contributed by atoms with Gasteiger partial charge in [-0.2, -0.15) is 0 Å². The zero-order chi connectivity index (χ0) is 9.03. The largest absolute Gasteiger partial charge is 0.381 e. The molecule has 0 amide bonds. The first-order valence-electron chi connectivity index (χ1n) is 4.20. The van der Waals surface area contributed by atoms with Gasteiger partial charge < -0.3 is 10.5 Å². The summed E-state index contributed by atoms with van der Waals surface area (Å²) in [4.78, 5) is 11.5. The molecule has 1 fully saturated rings. The van der Waals surface area contributed by atoms with Crippen LogP contribution in [0.1, 0.15) is 12.8 Å². The van der Waals surface area contributed by atoms with E-state index in [1.165, 1.54) is 6.08 Å². The Bertz CT molecular complexity index is 183. The standard InChI is InChI=1S/C9H15NO2/c1-2-8(11)9(7-10)3-5-12-6-4-9/h2H,1,3-7,10H2. The van der Waals surface area contributed by atoms with E-state index in [-0.39, 0.29) is 11.2 Å². The molecule has 1 aliphatic heterocycles. The van der Waals surface area contributed by atoms with Gasteiger partial charge in [-0.05, 0) is 18.9 Å². The van der Waals surface area contributed by atoms with E-state index in [0.717, 1.165) is 12.8 Å². The highest BCUT2D eigenvalue weighted by Gasteiger charge is 2.36. The number of allylic oxidation sites excluding steroid dienone is 1. The van der Waals surface area contributed by atoms with Crippen LogP contribution in [0.3, 0.4) is 0 Å². The van der Waals surface area contributed by atoms with E-state index in [1.54, 1.807) is 0 Å². The predicted molar refractivity (Wildman–Crippen MR) is 46.7 cm³/mol. The topological polar surface area (TPSA) is 52.3 Å². The van der Waals surface area contributed by atoms with E-state index in [9.17, 15) is 4.79 Å². The number of carbonyl (C=O) groups excluding carboxylic acids is 1. The van der Waals surface area contributed by atoms with Gasteiger partial charge in [-0.15, -0.1) is 0 Å². The van der Waals surface area contributed by atoms with Crippen LogP contribution in [0.5, 0.6) is 0 Å². The molecule has 12 heavy (non-hydrogen) atoms. The van der Waals surface area contributed by atoms with Gasteiger partial charge in [0, 0.05) is 25.2 Å². The van der Waals surface area contributed by atoms with E-state index in [4.69, 9.17) is 10.5 Å². The first-order valence-corrected chi connectivity index (χ1v) is 4.20. The maximum atomic E-state index is 11.5. The lowest BCUT2D eigenvalue weighted by molar-refractivity contribution is -0.128. The molecule has 68 valence electrons. The second kappa shape index (κ2) is 3.83. The van der Waals surface area contributed by atoms with Gasteiger partial charge in [0.25, 0.3) is 0 Å². The minimum Gasteiger partial charge on any atom is -0.381 e. The molecule has 1 heterocycles. The second-order valence-corrected chi connectivity index (χ2v) is 3.17. The van der Waals surface area contributed by atoms with Crippen LogP contribution in [0, 0.1) is 5.41 Å². The second-order valence-electron chi connectivity index (χ2n) is 3.17. The van der Waals surface area contributed by atoms with Crippen LogP contribution in [0.2, 0.25) is 0 Å². The fourth-order valence-corrected chi connectivity index (χ4v) is 1.53. The third-order valence-electron chi connectivity index (χ3n) is 2.55. The zero-order valence-corrected chi connectivity index (χ0v) is 7.21. The lowest BCUT2D eigenvalue weighted by Crippen LogP contribution is -2.42. The molecule has 0 aromatic carbocycles. The maximum absolute atomic E-state index is 11.5. The monoisotopic (exact) mass is 169 g/mol. The highest BCUT2D eigenvalue weighted by atomic mass is 16.5. The molecule has 2 N–H and O–H groups in total. The van der Waals surface area contributed by atoms with Gasteiger partial charge in [0.1, 0.15) is 0 Å². The van der Waals surface area contributed by atoms with E-state index >= 15 is 0 Å². The molecule has 1 aliphatic rings. The molecule has 1 rings (SSSR count). The van der Waals surface area contributed by atoms with Crippen LogP contribution in [-0.4, -0.2) is 25.5 Å². The molecule has 0 atom stereocenters. The summed E-state index contributed by atoms with van der Waals surface area (Å²) in [7, 11) is 0. The van der Waals surface area contributed by atoms with Gasteiger partial charge in [0.2, 0.25) is 0 Å². The zero-order valence-electron chi connectivity index (χ0n) is 7.21. The summed E-state index contributed by atoms with van der Waals surface area (Å²) in [5.74, 6) is 0.0632. The summed E-state index contributed by atoms with van der Waals surface area (Å²) in [6, 6.07) is 0. The number of ether oxygens (including phenoxy) is 1. The Kier molecular flexibility index (Phi) is 3.00. The van der Waals surface area contributed by atoms with Gasteiger partial charge in [0.05, 0.1) is 0 Å². The van der Waals surface area contributed by atoms with Crippen LogP contribution in [0.4, 0.5) is 0 Å². The molecule has 0 spiro atoms. The van der Waals surface area contributed by atoms with E-state index < -0.39 is 0 Å². The summed E-state index contributed by atoms with van der Waals surface area (Å²) < 4.78 is 5.18. The summed E-state index contributed by atoms with van der Waals surface area (Å²) in [6.07, 6.45) is 2.83. The summed E-state index contributed by atoms with van der Waals surface area (Å²) in [5.41, 5.74) is 5.22. The SMILES string of the molecule is C=CC(=O)C1(CN)CCOCC1. The van der Waals surface area contributed by atoms with E-state index in [1.807, 2.05) is 0 Å². The Labute approximate surface area is 72.6 Å². The number of ketones is 1. The van der Waals surface area contributed by atoms with Crippen molar-refractivity contribution in [3.63, 3.8) is 0 Å². The Morgan fingerprint density at radius 1 is 1.58 bits per heavy atom. The Balaban J connectivity index is 2.72. The molecule has 0 radical (unpaired) electrons. The quantitative estimate of drug-likeness (QED) is 0.626. The van der Waals surface area contributed by atoms with Gasteiger partial charge >= 0.3 is 0 Å². The van der Waals surface area contributed by atoms with Gasteiger partial charge in [-0.1, -0.05) is 6.58 Å². The summed E-state index contributed by atoms with van der Waals surface area (Å²) >= 11 is 0. The first-order chi connectivity index (χ1) is 5.75. The predicted octanol–water partition coefficient (Wildman–Crippen LogP) is 0.497. The number of rotatable bonds is 3. The molecule has 0 aromatic heterocycles. The van der Waals surface area contributed by atoms with Crippen molar-refractivity contribution in [1.82, 2.24) is 0 Å². The molecule has 3 heteroatoms. The van der Waals surface area contributed by atoms with Crippen molar-refractivity contribution in [3.8, 4) is 0 Å². The van der Waals surface area contributed by atoms with E-state index in [2.05, 4.69) is 6.58 Å². The fraction of sp³-hybridized carbons (Fsp3) is 0.667. The number of hydrogen-bond acceptors (Lipinski definition) is 3. The van der Waals surface area contributed by atoms with Crippen molar-refractivity contribution < 1.29 is 9.53 Å². The summed E-state index contributed by atoms with van der Waals surface area (Å²) in [5, 5.41) is 0. The molecule has 3 nitrogen and oxygen atoms in total. The number of nitrogens with two attached hydrogens (primary N) is 1. The fourth-order valence-electron chi connectivity index (χ4n) is 1.53. The Morgan fingerprint density at radius 3 is 2.58 bits per heavy atom.